The van der Waals surface area contributed by atoms with Gasteiger partial charge in [-0.1, -0.05) is 0 Å². The van der Waals surface area contributed by atoms with Crippen molar-refractivity contribution in [2.45, 2.75) is 33.6 Å². The van der Waals surface area contributed by atoms with E-state index in [-0.39, 0.29) is 17.7 Å². The fourth-order valence-electron chi connectivity index (χ4n) is 4.18. The van der Waals surface area contributed by atoms with Gasteiger partial charge in [0.15, 0.2) is 11.5 Å². The van der Waals surface area contributed by atoms with Crippen LogP contribution < -0.4 is 15.5 Å². The second-order valence-corrected chi connectivity index (χ2v) is 8.15. The fourth-order valence-corrected chi connectivity index (χ4v) is 4.18. The number of hydrogen-bond acceptors (Lipinski definition) is 7. The molecule has 0 radical (unpaired) electrons. The smallest absolute Gasteiger partial charge is 0.229 e. The maximum atomic E-state index is 12.9. The summed E-state index contributed by atoms with van der Waals surface area (Å²) in [6.07, 6.45) is 3.38. The van der Waals surface area contributed by atoms with Crippen molar-refractivity contribution < 1.29 is 9.59 Å². The standard InChI is InChI=1S/C23H30N8O2/c1-4-30(5-2)22(33)16-7-6-12-31(13-16)23-28-20-19(24-14-25-20)21(29-23)27-18-10-8-17(9-11-18)26-15(3)32/h8-11,14,16H,4-7,12-13H2,1-3H3,(H,26,32)(H2,24,25,27,28,29). The van der Waals surface area contributed by atoms with Crippen LogP contribution in [0.2, 0.25) is 0 Å². The van der Waals surface area contributed by atoms with E-state index in [1.807, 2.05) is 43.0 Å². The van der Waals surface area contributed by atoms with E-state index in [2.05, 4.69) is 30.5 Å². The zero-order valence-electron chi connectivity index (χ0n) is 19.3. The van der Waals surface area contributed by atoms with E-state index in [9.17, 15) is 9.59 Å². The van der Waals surface area contributed by atoms with Crippen molar-refractivity contribution in [1.82, 2.24) is 24.8 Å². The second kappa shape index (κ2) is 9.85. The lowest BCUT2D eigenvalue weighted by Gasteiger charge is -2.34. The summed E-state index contributed by atoms with van der Waals surface area (Å²) in [5, 5.41) is 6.08. The quantitative estimate of drug-likeness (QED) is 0.506. The van der Waals surface area contributed by atoms with Crippen molar-refractivity contribution in [1.29, 1.82) is 0 Å². The molecular formula is C23H30N8O2. The van der Waals surface area contributed by atoms with Gasteiger partial charge in [-0.3, -0.25) is 9.59 Å². The Kier molecular flexibility index (Phi) is 6.71. The van der Waals surface area contributed by atoms with Crippen LogP contribution in [0.15, 0.2) is 30.6 Å². The first-order valence-corrected chi connectivity index (χ1v) is 11.4. The van der Waals surface area contributed by atoms with Crippen molar-refractivity contribution in [2.24, 2.45) is 5.92 Å². The van der Waals surface area contributed by atoms with E-state index in [1.54, 1.807) is 6.33 Å². The summed E-state index contributed by atoms with van der Waals surface area (Å²) in [5.74, 6) is 1.19. The van der Waals surface area contributed by atoms with Gasteiger partial charge in [0.1, 0.15) is 5.52 Å². The summed E-state index contributed by atoms with van der Waals surface area (Å²) < 4.78 is 0. The lowest BCUT2D eigenvalue weighted by molar-refractivity contribution is -0.135. The van der Waals surface area contributed by atoms with Gasteiger partial charge in [-0.25, -0.2) is 4.98 Å². The first kappa shape index (κ1) is 22.5. The minimum absolute atomic E-state index is 0.0603. The maximum Gasteiger partial charge on any atom is 0.229 e. The van der Waals surface area contributed by atoms with E-state index >= 15 is 0 Å². The van der Waals surface area contributed by atoms with Gasteiger partial charge in [0.05, 0.1) is 12.2 Å². The molecule has 10 nitrogen and oxygen atoms in total. The molecule has 0 spiro atoms. The van der Waals surface area contributed by atoms with Gasteiger partial charge >= 0.3 is 0 Å². The van der Waals surface area contributed by atoms with Gasteiger partial charge in [-0.05, 0) is 51.0 Å². The molecule has 1 aliphatic heterocycles. The molecule has 10 heteroatoms. The molecule has 2 amide bonds. The second-order valence-electron chi connectivity index (χ2n) is 8.15. The predicted octanol–water partition coefficient (Wildman–Crippen LogP) is 3.14. The molecule has 174 valence electrons. The number of piperidine rings is 1. The number of H-pyrrole nitrogens is 1. The lowest BCUT2D eigenvalue weighted by atomic mass is 9.96. The summed E-state index contributed by atoms with van der Waals surface area (Å²) in [4.78, 5) is 45.0. The summed E-state index contributed by atoms with van der Waals surface area (Å²) in [6.45, 7) is 8.32. The van der Waals surface area contributed by atoms with Crippen LogP contribution >= 0.6 is 0 Å². The normalized spacial score (nSPS) is 16.0. The monoisotopic (exact) mass is 450 g/mol. The van der Waals surface area contributed by atoms with Crippen molar-refractivity contribution in [3.05, 3.63) is 30.6 Å². The molecule has 1 atom stereocenters. The molecule has 33 heavy (non-hydrogen) atoms. The molecule has 0 saturated carbocycles. The number of hydrogen-bond donors (Lipinski definition) is 3. The highest BCUT2D eigenvalue weighted by atomic mass is 16.2. The van der Waals surface area contributed by atoms with E-state index in [0.29, 0.717) is 29.5 Å². The number of carbonyl (C=O) groups is 2. The zero-order chi connectivity index (χ0) is 23.4. The van der Waals surface area contributed by atoms with Gasteiger partial charge in [0.2, 0.25) is 17.8 Å². The van der Waals surface area contributed by atoms with E-state index < -0.39 is 0 Å². The molecule has 1 unspecified atom stereocenters. The van der Waals surface area contributed by atoms with Crippen LogP contribution in [0.4, 0.5) is 23.1 Å². The Morgan fingerprint density at radius 2 is 1.88 bits per heavy atom. The Bertz CT molecular complexity index is 1120. The van der Waals surface area contributed by atoms with Gasteiger partial charge in [0, 0.05) is 44.5 Å². The average Bonchev–Trinajstić information content (AvgIpc) is 3.30. The number of nitrogens with one attached hydrogen (secondary N) is 3. The minimum atomic E-state index is -0.116. The third-order valence-corrected chi connectivity index (χ3v) is 5.87. The molecule has 1 fully saturated rings. The van der Waals surface area contributed by atoms with Crippen LogP contribution in [0, 0.1) is 5.92 Å². The third-order valence-electron chi connectivity index (χ3n) is 5.87. The Morgan fingerprint density at radius 1 is 1.15 bits per heavy atom. The number of benzene rings is 1. The number of anilines is 4. The van der Waals surface area contributed by atoms with Crippen LogP contribution in [-0.2, 0) is 9.59 Å². The highest BCUT2D eigenvalue weighted by Gasteiger charge is 2.30. The summed E-state index contributed by atoms with van der Waals surface area (Å²) in [5.41, 5.74) is 2.81. The van der Waals surface area contributed by atoms with Crippen molar-refractivity contribution in [3.8, 4) is 0 Å². The third kappa shape index (κ3) is 5.05. The number of rotatable bonds is 7. The number of fused-ring (bicyclic) bond motifs is 1. The Balaban J connectivity index is 1.57. The summed E-state index contributed by atoms with van der Waals surface area (Å²) in [7, 11) is 0. The van der Waals surface area contributed by atoms with Crippen LogP contribution in [0.1, 0.15) is 33.6 Å². The van der Waals surface area contributed by atoms with Gasteiger partial charge in [0.25, 0.3) is 0 Å². The van der Waals surface area contributed by atoms with Crippen LogP contribution in [0.5, 0.6) is 0 Å². The Hall–Kier alpha value is -3.69. The first-order valence-electron chi connectivity index (χ1n) is 11.4. The molecule has 1 saturated heterocycles. The zero-order valence-corrected chi connectivity index (χ0v) is 19.3. The van der Waals surface area contributed by atoms with Crippen molar-refractivity contribution >= 4 is 46.1 Å². The van der Waals surface area contributed by atoms with Gasteiger partial charge in [-0.15, -0.1) is 0 Å². The van der Waals surface area contributed by atoms with E-state index in [1.165, 1.54) is 6.92 Å². The van der Waals surface area contributed by atoms with Crippen LogP contribution in [0.25, 0.3) is 11.2 Å². The lowest BCUT2D eigenvalue weighted by Crippen LogP contribution is -2.45. The highest BCUT2D eigenvalue weighted by Crippen LogP contribution is 2.28. The van der Waals surface area contributed by atoms with Crippen molar-refractivity contribution in [2.75, 3.05) is 41.7 Å². The SMILES string of the molecule is CCN(CC)C(=O)C1CCCN(c2nc(Nc3ccc(NC(C)=O)cc3)c3[nH]cnc3n2)C1. The van der Waals surface area contributed by atoms with Crippen molar-refractivity contribution in [3.63, 3.8) is 0 Å². The van der Waals surface area contributed by atoms with E-state index in [0.717, 1.165) is 43.9 Å². The molecule has 4 rings (SSSR count). The number of nitrogens with zero attached hydrogens (tertiary/aromatic N) is 5. The average molecular weight is 451 g/mol. The highest BCUT2D eigenvalue weighted by molar-refractivity contribution is 5.89. The molecule has 3 N–H and O–H groups in total. The fraction of sp³-hybridized carbons (Fsp3) is 0.435. The molecule has 2 aromatic heterocycles. The Labute approximate surface area is 192 Å². The largest absolute Gasteiger partial charge is 0.343 e. The number of aromatic amines is 1. The molecule has 0 bridgehead atoms. The Morgan fingerprint density at radius 3 is 2.58 bits per heavy atom. The van der Waals surface area contributed by atoms with Crippen LogP contribution in [-0.4, -0.2) is 62.8 Å². The minimum Gasteiger partial charge on any atom is -0.343 e. The van der Waals surface area contributed by atoms with Gasteiger partial charge in [-0.2, -0.15) is 9.97 Å². The molecular weight excluding hydrogens is 420 g/mol. The number of aromatic nitrogens is 4. The number of carbonyl (C=O) groups excluding carboxylic acids is 2. The molecule has 1 aromatic carbocycles. The van der Waals surface area contributed by atoms with E-state index in [4.69, 9.17) is 4.98 Å². The number of imidazole rings is 1. The summed E-state index contributed by atoms with van der Waals surface area (Å²) >= 11 is 0. The first-order chi connectivity index (χ1) is 16.0. The molecule has 3 heterocycles. The van der Waals surface area contributed by atoms with Gasteiger partial charge < -0.3 is 25.4 Å². The summed E-state index contributed by atoms with van der Waals surface area (Å²) in [6, 6.07) is 7.39. The molecule has 1 aliphatic rings. The van der Waals surface area contributed by atoms with Crippen LogP contribution in [0.3, 0.4) is 0 Å². The maximum absolute atomic E-state index is 12.9. The predicted molar refractivity (Wildman–Crippen MR) is 129 cm³/mol. The molecule has 3 aromatic rings. The topological polar surface area (TPSA) is 119 Å². The number of amides is 2. The molecule has 0 aliphatic carbocycles.